The molecule has 0 aliphatic heterocycles. The zero-order chi connectivity index (χ0) is 26.9. The molecule has 0 unspecified atom stereocenters. The lowest BCUT2D eigenvalue weighted by molar-refractivity contribution is -0.114. The Morgan fingerprint density at radius 1 is 1.08 bits per heavy atom. The first-order valence-corrected chi connectivity index (χ1v) is 13.6. The minimum Gasteiger partial charge on any atom is -0.377 e. The van der Waals surface area contributed by atoms with E-state index in [2.05, 4.69) is 18.8 Å². The Labute approximate surface area is 220 Å². The second-order valence-electron chi connectivity index (χ2n) is 13.1. The summed E-state index contributed by atoms with van der Waals surface area (Å²) >= 11 is 0. The number of ketones is 1. The fourth-order valence-electron chi connectivity index (χ4n) is 7.67. The number of carbonyl (C=O) groups excluding carboxylic acids is 1. The van der Waals surface area contributed by atoms with Crippen molar-refractivity contribution in [2.45, 2.75) is 84.2 Å². The maximum Gasteiger partial charge on any atom is 0.156 e. The summed E-state index contributed by atoms with van der Waals surface area (Å²) in [7, 11) is 3.27. The first kappa shape index (κ1) is 26.2. The highest BCUT2D eigenvalue weighted by Gasteiger charge is 2.62. The molecule has 1 N–H and O–H groups in total. The normalized spacial score (nSPS) is 33.2. The highest BCUT2D eigenvalue weighted by Crippen LogP contribution is 2.66. The van der Waals surface area contributed by atoms with Gasteiger partial charge in [0, 0.05) is 37.3 Å². The van der Waals surface area contributed by atoms with Crippen LogP contribution in [-0.4, -0.2) is 30.6 Å². The fraction of sp³-hybridized carbons (Fsp3) is 0.594. The van der Waals surface area contributed by atoms with Crippen molar-refractivity contribution in [3.05, 3.63) is 52.1 Å². The number of benzene rings is 1. The van der Waals surface area contributed by atoms with E-state index in [1.807, 2.05) is 20.8 Å². The molecule has 4 aliphatic carbocycles. The Kier molecular flexibility index (Phi) is 6.23. The predicted molar refractivity (Wildman–Crippen MR) is 143 cm³/mol. The molecule has 3 nitrogen and oxygen atoms in total. The van der Waals surface area contributed by atoms with Crippen molar-refractivity contribution in [1.82, 2.24) is 0 Å². The molecule has 0 radical (unpaired) electrons. The zero-order valence-corrected chi connectivity index (χ0v) is 23.0. The van der Waals surface area contributed by atoms with Crippen molar-refractivity contribution in [3.63, 3.8) is 0 Å². The largest absolute Gasteiger partial charge is 0.377 e. The van der Waals surface area contributed by atoms with E-state index in [1.165, 1.54) is 28.2 Å². The molecule has 0 bridgehead atoms. The summed E-state index contributed by atoms with van der Waals surface area (Å²) in [5, 5.41) is 12.1. The zero-order valence-electron chi connectivity index (χ0n) is 23.0. The van der Waals surface area contributed by atoms with Crippen molar-refractivity contribution in [2.75, 3.05) is 19.0 Å². The van der Waals surface area contributed by atoms with Crippen molar-refractivity contribution in [1.29, 1.82) is 0 Å². The van der Waals surface area contributed by atoms with E-state index in [0.29, 0.717) is 31.2 Å². The maximum atomic E-state index is 15.3. The van der Waals surface area contributed by atoms with Crippen LogP contribution in [0.25, 0.3) is 0 Å². The molecule has 1 aromatic rings. The van der Waals surface area contributed by atoms with Crippen LogP contribution in [0, 0.1) is 46.1 Å². The topological polar surface area (TPSA) is 40.5 Å². The van der Waals surface area contributed by atoms with Gasteiger partial charge in [-0.25, -0.2) is 8.78 Å². The molecular weight excluding hydrogens is 468 g/mol. The van der Waals surface area contributed by atoms with E-state index in [9.17, 15) is 9.90 Å². The Morgan fingerprint density at radius 2 is 1.76 bits per heavy atom. The number of allylic oxidation sites excluding steroid dienone is 4. The van der Waals surface area contributed by atoms with Gasteiger partial charge in [-0.3, -0.25) is 4.79 Å². The number of hydrogen-bond acceptors (Lipinski definition) is 3. The molecule has 2 saturated carbocycles. The third-order valence-corrected chi connectivity index (χ3v) is 9.42. The number of anilines is 1. The summed E-state index contributed by atoms with van der Waals surface area (Å²) in [5.41, 5.74) is 2.24. The third-order valence-electron chi connectivity index (χ3n) is 9.42. The van der Waals surface area contributed by atoms with E-state index >= 15 is 8.78 Å². The lowest BCUT2D eigenvalue weighted by Crippen LogP contribution is -2.51. The molecule has 0 spiro atoms. The van der Waals surface area contributed by atoms with Gasteiger partial charge in [0.05, 0.1) is 0 Å². The average Bonchev–Trinajstić information content (AvgIpc) is 3.06. The standard InChI is InChI=1S/C32H39F2NO2/c1-30(2,3)13-14-32(37)12-11-25-23-9-7-19-15-21(36)8-10-22(19)28(23)24(18-31(25,32)4)20-16-26(33)29(35(5)6)27(34)17-20/h15-17,23-25,37H,7-12,18H2,1-6H3/t23-,24+,25-,31-,32+/m0/s1. The van der Waals surface area contributed by atoms with Crippen LogP contribution in [-0.2, 0) is 4.79 Å². The number of aliphatic hydroxyl groups is 1. The monoisotopic (exact) mass is 507 g/mol. The highest BCUT2D eigenvalue weighted by atomic mass is 19.1. The quantitative estimate of drug-likeness (QED) is 0.452. The number of halogens is 2. The number of fused-ring (bicyclic) bond motifs is 4. The summed E-state index contributed by atoms with van der Waals surface area (Å²) in [6.07, 6.45) is 6.74. The first-order valence-electron chi connectivity index (χ1n) is 13.6. The molecule has 4 aliphatic rings. The van der Waals surface area contributed by atoms with E-state index < -0.39 is 22.7 Å². The molecule has 0 saturated heterocycles. The van der Waals surface area contributed by atoms with Crippen LogP contribution in [0.15, 0.2) is 34.9 Å². The van der Waals surface area contributed by atoms with Crippen LogP contribution in [0.2, 0.25) is 0 Å². The van der Waals surface area contributed by atoms with Crippen LogP contribution in [0.3, 0.4) is 0 Å². The summed E-state index contributed by atoms with van der Waals surface area (Å²) in [4.78, 5) is 13.7. The second kappa shape index (κ2) is 8.80. The van der Waals surface area contributed by atoms with Gasteiger partial charge < -0.3 is 10.0 Å². The van der Waals surface area contributed by atoms with Crippen molar-refractivity contribution >= 4 is 11.5 Å². The van der Waals surface area contributed by atoms with Gasteiger partial charge in [0.15, 0.2) is 5.78 Å². The van der Waals surface area contributed by atoms with Crippen LogP contribution in [0.5, 0.6) is 0 Å². The maximum absolute atomic E-state index is 15.3. The van der Waals surface area contributed by atoms with E-state index in [0.717, 1.165) is 24.8 Å². The van der Waals surface area contributed by atoms with Gasteiger partial charge in [-0.1, -0.05) is 24.3 Å². The second-order valence-corrected chi connectivity index (χ2v) is 13.1. The highest BCUT2D eigenvalue weighted by molar-refractivity contribution is 5.93. The molecule has 0 amide bonds. The SMILES string of the molecule is CN(C)c1c(F)cc([C@H]2C[C@@]3(C)[C@@H](CC[C@@]3(O)C#CC(C)(C)C)[C@@H]3CCC4=CC(=O)CCC4=C32)cc1F. The summed E-state index contributed by atoms with van der Waals surface area (Å²) < 4.78 is 30.5. The molecule has 5 atom stereocenters. The molecule has 198 valence electrons. The van der Waals surface area contributed by atoms with Gasteiger partial charge >= 0.3 is 0 Å². The van der Waals surface area contributed by atoms with Gasteiger partial charge in [-0.2, -0.15) is 0 Å². The van der Waals surface area contributed by atoms with Crippen molar-refractivity contribution < 1.29 is 18.7 Å². The van der Waals surface area contributed by atoms with Crippen molar-refractivity contribution in [2.24, 2.45) is 22.7 Å². The van der Waals surface area contributed by atoms with Gasteiger partial charge in [-0.05, 0) is 106 Å². The fourth-order valence-corrected chi connectivity index (χ4v) is 7.67. The molecule has 5 rings (SSSR count). The van der Waals surface area contributed by atoms with Gasteiger partial charge in [0.2, 0.25) is 0 Å². The number of nitrogens with zero attached hydrogens (tertiary/aromatic N) is 1. The Hall–Kier alpha value is -2.45. The molecular formula is C32H39F2NO2. The summed E-state index contributed by atoms with van der Waals surface area (Å²) in [5.74, 6) is 5.80. The molecule has 2 fully saturated rings. The van der Waals surface area contributed by atoms with Crippen LogP contribution >= 0.6 is 0 Å². The van der Waals surface area contributed by atoms with Crippen molar-refractivity contribution in [3.8, 4) is 11.8 Å². The Morgan fingerprint density at radius 3 is 2.38 bits per heavy atom. The van der Waals surface area contributed by atoms with Gasteiger partial charge in [-0.15, -0.1) is 0 Å². The molecule has 0 aromatic heterocycles. The van der Waals surface area contributed by atoms with E-state index in [-0.39, 0.29) is 34.6 Å². The molecule has 1 aromatic carbocycles. The average molecular weight is 508 g/mol. The Bertz CT molecular complexity index is 1250. The lowest BCUT2D eigenvalue weighted by Gasteiger charge is -2.53. The van der Waals surface area contributed by atoms with Crippen LogP contribution < -0.4 is 4.90 Å². The summed E-state index contributed by atoms with van der Waals surface area (Å²) in [6.45, 7) is 8.28. The lowest BCUT2D eigenvalue weighted by atomic mass is 9.51. The first-order chi connectivity index (χ1) is 17.2. The Balaban J connectivity index is 1.70. The van der Waals surface area contributed by atoms with Crippen LogP contribution in [0.1, 0.15) is 84.1 Å². The summed E-state index contributed by atoms with van der Waals surface area (Å²) in [6, 6.07) is 2.97. The minimum atomic E-state index is -1.15. The van der Waals surface area contributed by atoms with E-state index in [1.54, 1.807) is 20.2 Å². The minimum absolute atomic E-state index is 0.0428. The molecule has 0 heterocycles. The van der Waals surface area contributed by atoms with Crippen LogP contribution in [0.4, 0.5) is 14.5 Å². The third kappa shape index (κ3) is 4.26. The molecule has 37 heavy (non-hydrogen) atoms. The molecule has 5 heteroatoms. The smallest absolute Gasteiger partial charge is 0.156 e. The number of carbonyl (C=O) groups is 1. The van der Waals surface area contributed by atoms with E-state index in [4.69, 9.17) is 0 Å². The number of hydrogen-bond donors (Lipinski definition) is 1. The van der Waals surface area contributed by atoms with Gasteiger partial charge in [0.25, 0.3) is 0 Å². The van der Waals surface area contributed by atoms with Gasteiger partial charge in [0.1, 0.15) is 22.9 Å². The predicted octanol–water partition coefficient (Wildman–Crippen LogP) is 6.71. The number of rotatable bonds is 2.